The Morgan fingerprint density at radius 1 is 1.29 bits per heavy atom. The van der Waals surface area contributed by atoms with Crippen molar-refractivity contribution in [3.63, 3.8) is 0 Å². The average Bonchev–Trinajstić information content (AvgIpc) is 3.15. The predicted octanol–water partition coefficient (Wildman–Crippen LogP) is 0.500. The van der Waals surface area contributed by atoms with Crippen LogP contribution in [-0.2, 0) is 4.79 Å². The molecule has 0 spiro atoms. The molecule has 96 valence electrons. The van der Waals surface area contributed by atoms with Gasteiger partial charge in [-0.2, -0.15) is 0 Å². The Morgan fingerprint density at radius 2 is 2.06 bits per heavy atom. The van der Waals surface area contributed by atoms with E-state index in [1.54, 1.807) is 0 Å². The van der Waals surface area contributed by atoms with E-state index >= 15 is 0 Å². The Labute approximate surface area is 102 Å². The van der Waals surface area contributed by atoms with Crippen LogP contribution in [0.2, 0.25) is 0 Å². The normalized spacial score (nSPS) is 31.7. The second-order valence-corrected chi connectivity index (χ2v) is 5.82. The Morgan fingerprint density at radius 3 is 2.71 bits per heavy atom. The third kappa shape index (κ3) is 2.80. The van der Waals surface area contributed by atoms with Gasteiger partial charge in [0.15, 0.2) is 0 Å². The maximum atomic E-state index is 12.2. The molecule has 0 aromatic carbocycles. The molecule has 1 amide bonds. The van der Waals surface area contributed by atoms with Crippen molar-refractivity contribution in [3.05, 3.63) is 0 Å². The predicted molar refractivity (Wildman–Crippen MR) is 64.5 cm³/mol. The average molecular weight is 238 g/mol. The summed E-state index contributed by atoms with van der Waals surface area (Å²) < 4.78 is 0. The third-order valence-electron chi connectivity index (χ3n) is 4.12. The van der Waals surface area contributed by atoms with E-state index in [1.165, 1.54) is 12.8 Å². The van der Waals surface area contributed by atoms with Crippen LogP contribution in [0.25, 0.3) is 0 Å². The summed E-state index contributed by atoms with van der Waals surface area (Å²) >= 11 is 0. The number of rotatable bonds is 5. The zero-order valence-electron chi connectivity index (χ0n) is 10.3. The quantitative estimate of drug-likeness (QED) is 0.733. The lowest BCUT2D eigenvalue weighted by molar-refractivity contribution is -0.137. The fraction of sp³-hybridized carbons (Fsp3) is 0.923. The van der Waals surface area contributed by atoms with Crippen molar-refractivity contribution in [2.45, 2.75) is 56.7 Å². The maximum Gasteiger partial charge on any atom is 0.239 e. The van der Waals surface area contributed by atoms with Crippen molar-refractivity contribution in [1.29, 1.82) is 0 Å². The number of β-amino-alcohol motifs (C(OH)–C–C–N with tert-alkyl or cyclic N) is 1. The van der Waals surface area contributed by atoms with Gasteiger partial charge in [-0.05, 0) is 44.4 Å². The minimum absolute atomic E-state index is 0.0163. The molecule has 2 atom stereocenters. The lowest BCUT2D eigenvalue weighted by Crippen LogP contribution is -2.53. The van der Waals surface area contributed by atoms with Crippen LogP contribution >= 0.6 is 0 Å². The molecule has 0 radical (unpaired) electrons. The molecule has 2 aliphatic carbocycles. The zero-order chi connectivity index (χ0) is 11.8. The van der Waals surface area contributed by atoms with E-state index in [1.807, 2.05) is 4.90 Å². The molecule has 2 unspecified atom stereocenters. The summed E-state index contributed by atoms with van der Waals surface area (Å²) in [4.78, 5) is 14.1. The number of likely N-dealkylation sites (tertiary alicyclic amines) is 1. The van der Waals surface area contributed by atoms with Gasteiger partial charge in [0.25, 0.3) is 0 Å². The van der Waals surface area contributed by atoms with Crippen LogP contribution in [0, 0.1) is 5.92 Å². The van der Waals surface area contributed by atoms with E-state index in [0.717, 1.165) is 32.2 Å². The second kappa shape index (κ2) is 4.58. The van der Waals surface area contributed by atoms with Gasteiger partial charge in [-0.3, -0.25) is 4.79 Å². The Hall–Kier alpha value is -0.610. The summed E-state index contributed by atoms with van der Waals surface area (Å²) in [6.07, 6.45) is 6.43. The number of hydrogen-bond acceptors (Lipinski definition) is 3. The standard InChI is InChI=1S/C13H22N2O2/c16-12(9-3-4-9)8-15-7-1-2-11(13(15)17)14-10-5-6-10/h9-12,14,16H,1-8H2. The number of hydrogen-bond donors (Lipinski definition) is 2. The van der Waals surface area contributed by atoms with E-state index in [2.05, 4.69) is 5.32 Å². The molecule has 2 N–H and O–H groups in total. The first-order valence-electron chi connectivity index (χ1n) is 6.97. The summed E-state index contributed by atoms with van der Waals surface area (Å²) in [7, 11) is 0. The molecule has 0 aromatic rings. The molecule has 1 saturated heterocycles. The number of nitrogens with one attached hydrogen (secondary N) is 1. The third-order valence-corrected chi connectivity index (χ3v) is 4.12. The van der Waals surface area contributed by atoms with E-state index in [0.29, 0.717) is 18.5 Å². The molecule has 3 rings (SSSR count). The molecule has 3 aliphatic rings. The number of aliphatic hydroxyl groups excluding tert-OH is 1. The SMILES string of the molecule is O=C1C(NC2CC2)CCCN1CC(O)C1CC1. The van der Waals surface area contributed by atoms with Gasteiger partial charge in [0.2, 0.25) is 5.91 Å². The number of aliphatic hydroxyl groups is 1. The zero-order valence-corrected chi connectivity index (χ0v) is 10.3. The van der Waals surface area contributed by atoms with E-state index < -0.39 is 0 Å². The number of amides is 1. The minimum atomic E-state index is -0.293. The molecule has 2 saturated carbocycles. The van der Waals surface area contributed by atoms with Crippen LogP contribution in [0.5, 0.6) is 0 Å². The topological polar surface area (TPSA) is 52.6 Å². The van der Waals surface area contributed by atoms with E-state index in [4.69, 9.17) is 0 Å². The number of carbonyl (C=O) groups is 1. The lowest BCUT2D eigenvalue weighted by atomic mass is 10.0. The smallest absolute Gasteiger partial charge is 0.239 e. The Balaban J connectivity index is 1.53. The molecule has 0 aromatic heterocycles. The highest BCUT2D eigenvalue weighted by molar-refractivity contribution is 5.82. The molecule has 1 aliphatic heterocycles. The number of carbonyl (C=O) groups excluding carboxylic acids is 1. The van der Waals surface area contributed by atoms with Crippen LogP contribution in [-0.4, -0.2) is 47.2 Å². The van der Waals surface area contributed by atoms with Gasteiger partial charge in [-0.25, -0.2) is 0 Å². The highest BCUT2D eigenvalue weighted by Crippen LogP contribution is 2.33. The second-order valence-electron chi connectivity index (χ2n) is 5.82. The highest BCUT2D eigenvalue weighted by Gasteiger charge is 2.36. The van der Waals surface area contributed by atoms with Crippen molar-refractivity contribution in [2.75, 3.05) is 13.1 Å². The van der Waals surface area contributed by atoms with E-state index in [-0.39, 0.29) is 18.1 Å². The van der Waals surface area contributed by atoms with Gasteiger partial charge in [-0.15, -0.1) is 0 Å². The molecular formula is C13H22N2O2. The fourth-order valence-corrected chi connectivity index (χ4v) is 2.67. The Kier molecular flexibility index (Phi) is 3.09. The summed E-state index contributed by atoms with van der Waals surface area (Å²) in [6, 6.07) is 0.597. The van der Waals surface area contributed by atoms with Gasteiger partial charge in [0.05, 0.1) is 12.1 Å². The number of nitrogens with zero attached hydrogens (tertiary/aromatic N) is 1. The fourth-order valence-electron chi connectivity index (χ4n) is 2.67. The molecule has 3 fully saturated rings. The van der Waals surface area contributed by atoms with Gasteiger partial charge in [0, 0.05) is 19.1 Å². The van der Waals surface area contributed by atoms with Crippen molar-refractivity contribution in [1.82, 2.24) is 10.2 Å². The van der Waals surface area contributed by atoms with Crippen molar-refractivity contribution in [3.8, 4) is 0 Å². The van der Waals surface area contributed by atoms with Crippen LogP contribution in [0.1, 0.15) is 38.5 Å². The molecule has 4 heteroatoms. The van der Waals surface area contributed by atoms with Crippen molar-refractivity contribution >= 4 is 5.91 Å². The summed E-state index contributed by atoms with van der Waals surface area (Å²) in [5.41, 5.74) is 0. The monoisotopic (exact) mass is 238 g/mol. The highest BCUT2D eigenvalue weighted by atomic mass is 16.3. The van der Waals surface area contributed by atoms with Crippen LogP contribution in [0.15, 0.2) is 0 Å². The molecule has 0 bridgehead atoms. The van der Waals surface area contributed by atoms with Gasteiger partial charge < -0.3 is 15.3 Å². The maximum absolute atomic E-state index is 12.2. The summed E-state index contributed by atoms with van der Waals surface area (Å²) in [5, 5.41) is 13.3. The molecular weight excluding hydrogens is 216 g/mol. The van der Waals surface area contributed by atoms with Crippen LogP contribution in [0.3, 0.4) is 0 Å². The van der Waals surface area contributed by atoms with Crippen LogP contribution in [0.4, 0.5) is 0 Å². The van der Waals surface area contributed by atoms with Gasteiger partial charge >= 0.3 is 0 Å². The molecule has 17 heavy (non-hydrogen) atoms. The van der Waals surface area contributed by atoms with Crippen molar-refractivity contribution < 1.29 is 9.90 Å². The summed E-state index contributed by atoms with van der Waals surface area (Å²) in [5.74, 6) is 0.669. The van der Waals surface area contributed by atoms with Gasteiger partial charge in [0.1, 0.15) is 0 Å². The van der Waals surface area contributed by atoms with Crippen molar-refractivity contribution in [2.24, 2.45) is 5.92 Å². The lowest BCUT2D eigenvalue weighted by Gasteiger charge is -2.34. The van der Waals surface area contributed by atoms with Crippen LogP contribution < -0.4 is 5.32 Å². The largest absolute Gasteiger partial charge is 0.391 e. The number of piperidine rings is 1. The molecule has 4 nitrogen and oxygen atoms in total. The first-order chi connectivity index (χ1) is 8.24. The first kappa shape index (κ1) is 11.5. The first-order valence-corrected chi connectivity index (χ1v) is 6.97. The minimum Gasteiger partial charge on any atom is -0.391 e. The summed E-state index contributed by atoms with van der Waals surface area (Å²) in [6.45, 7) is 1.37. The van der Waals surface area contributed by atoms with Gasteiger partial charge in [-0.1, -0.05) is 0 Å². The van der Waals surface area contributed by atoms with E-state index in [9.17, 15) is 9.90 Å². The molecule has 1 heterocycles. The Bertz CT molecular complexity index is 300.